The number of aromatic nitrogens is 3. The number of hydrogen-bond donors (Lipinski definition) is 2. The highest BCUT2D eigenvalue weighted by Gasteiger charge is 2.19. The summed E-state index contributed by atoms with van der Waals surface area (Å²) in [4.78, 5) is 2.10. The number of aryl methyl sites for hydroxylation is 1. The summed E-state index contributed by atoms with van der Waals surface area (Å²) in [5, 5.41) is 18.0. The molecule has 0 aliphatic carbocycles. The highest BCUT2D eigenvalue weighted by molar-refractivity contribution is 7.71. The first-order valence-corrected chi connectivity index (χ1v) is 10.1. The van der Waals surface area contributed by atoms with Gasteiger partial charge in [-0.15, -0.1) is 0 Å². The van der Waals surface area contributed by atoms with Gasteiger partial charge < -0.3 is 14.7 Å². The van der Waals surface area contributed by atoms with E-state index in [0.717, 1.165) is 29.2 Å². The summed E-state index contributed by atoms with van der Waals surface area (Å²) >= 11 is 5.53. The molecule has 0 fully saturated rings. The largest absolute Gasteiger partial charge is 0.507 e. The van der Waals surface area contributed by atoms with Gasteiger partial charge >= 0.3 is 0 Å². The molecule has 0 saturated carbocycles. The molecule has 0 radical (unpaired) electrons. The molecule has 29 heavy (non-hydrogen) atoms. The quantitative estimate of drug-likeness (QED) is 0.545. The molecule has 0 amide bonds. The Labute approximate surface area is 176 Å². The number of anilines is 1. The molecule has 3 aromatic rings. The van der Waals surface area contributed by atoms with Crippen molar-refractivity contribution in [2.24, 2.45) is 0 Å². The molecule has 0 atom stereocenters. The molecular weight excluding hydrogens is 384 g/mol. The highest BCUT2D eigenvalue weighted by atomic mass is 32.1. The topological polar surface area (TPSA) is 66.3 Å². The average molecular weight is 413 g/mol. The van der Waals surface area contributed by atoms with E-state index < -0.39 is 0 Å². The molecular formula is C22H28N4O2S. The van der Waals surface area contributed by atoms with Crippen LogP contribution in [0.1, 0.15) is 37.8 Å². The Kier molecular flexibility index (Phi) is 5.98. The first-order valence-electron chi connectivity index (χ1n) is 9.69. The van der Waals surface area contributed by atoms with Gasteiger partial charge in [-0.25, -0.2) is 0 Å². The Morgan fingerprint density at radius 1 is 1.28 bits per heavy atom. The second-order valence-electron chi connectivity index (χ2n) is 7.44. The van der Waals surface area contributed by atoms with Gasteiger partial charge in [0, 0.05) is 13.6 Å². The van der Waals surface area contributed by atoms with E-state index in [-0.39, 0.29) is 5.75 Å². The monoisotopic (exact) mass is 412 g/mol. The van der Waals surface area contributed by atoms with Gasteiger partial charge in [-0.2, -0.15) is 5.10 Å². The van der Waals surface area contributed by atoms with Crippen LogP contribution in [0.25, 0.3) is 17.1 Å². The lowest BCUT2D eigenvalue weighted by Crippen LogP contribution is -2.17. The Balaban J connectivity index is 2.23. The second-order valence-corrected chi connectivity index (χ2v) is 7.83. The zero-order valence-corrected chi connectivity index (χ0v) is 18.6. The van der Waals surface area contributed by atoms with Crippen molar-refractivity contribution in [2.45, 2.75) is 33.6 Å². The zero-order valence-electron chi connectivity index (χ0n) is 17.8. The number of phenols is 1. The highest BCUT2D eigenvalue weighted by Crippen LogP contribution is 2.36. The van der Waals surface area contributed by atoms with Gasteiger partial charge in [-0.05, 0) is 73.4 Å². The van der Waals surface area contributed by atoms with Crippen LogP contribution in [0.3, 0.4) is 0 Å². The molecule has 154 valence electrons. The number of methoxy groups -OCH3 is 1. The van der Waals surface area contributed by atoms with Crippen LogP contribution in [-0.4, -0.2) is 40.6 Å². The maximum absolute atomic E-state index is 10.7. The number of hydrogen-bond acceptors (Lipinski definition) is 5. The van der Waals surface area contributed by atoms with Crippen LogP contribution < -0.4 is 9.64 Å². The van der Waals surface area contributed by atoms with Crippen molar-refractivity contribution in [1.82, 2.24) is 14.8 Å². The summed E-state index contributed by atoms with van der Waals surface area (Å²) in [6, 6.07) is 9.67. The maximum Gasteiger partial charge on any atom is 0.200 e. The molecule has 0 aliphatic heterocycles. The normalized spacial score (nSPS) is 11.1. The van der Waals surface area contributed by atoms with Gasteiger partial charge in [0.1, 0.15) is 11.5 Å². The molecule has 6 nitrogen and oxygen atoms in total. The van der Waals surface area contributed by atoms with Gasteiger partial charge in [0.2, 0.25) is 0 Å². The Morgan fingerprint density at radius 3 is 2.62 bits per heavy atom. The predicted octanol–water partition coefficient (Wildman–Crippen LogP) is 5.20. The van der Waals surface area contributed by atoms with E-state index in [0.29, 0.717) is 22.1 Å². The number of phenolic OH excluding ortho intramolecular Hbond substituents is 1. The van der Waals surface area contributed by atoms with Gasteiger partial charge in [-0.1, -0.05) is 13.8 Å². The van der Waals surface area contributed by atoms with Crippen molar-refractivity contribution in [3.63, 3.8) is 0 Å². The number of aromatic amines is 1. The Hall–Kier alpha value is -2.80. The molecule has 1 heterocycles. The summed E-state index contributed by atoms with van der Waals surface area (Å²) in [6.45, 7) is 9.19. The molecule has 0 aliphatic rings. The van der Waals surface area contributed by atoms with Crippen LogP contribution in [0.5, 0.6) is 11.5 Å². The van der Waals surface area contributed by atoms with Crippen LogP contribution in [0, 0.1) is 11.7 Å². The van der Waals surface area contributed by atoms with Crippen molar-refractivity contribution in [2.75, 3.05) is 25.6 Å². The van der Waals surface area contributed by atoms with E-state index >= 15 is 0 Å². The SMILES string of the molecule is CCN(C)c1cc(-n2c(-c3cc(C(C)C)c(C)cc3O)n[nH]c2=S)ccc1OC. The smallest absolute Gasteiger partial charge is 0.200 e. The first-order chi connectivity index (χ1) is 13.8. The number of rotatable bonds is 6. The molecule has 0 spiro atoms. The molecule has 2 aromatic carbocycles. The summed E-state index contributed by atoms with van der Waals surface area (Å²) in [6.07, 6.45) is 0. The molecule has 0 bridgehead atoms. The fourth-order valence-corrected chi connectivity index (χ4v) is 3.75. The number of nitrogens with zero attached hydrogens (tertiary/aromatic N) is 3. The summed E-state index contributed by atoms with van der Waals surface area (Å²) in [7, 11) is 3.67. The molecule has 2 N–H and O–H groups in total. The summed E-state index contributed by atoms with van der Waals surface area (Å²) in [5.41, 5.74) is 4.67. The number of nitrogens with one attached hydrogen (secondary N) is 1. The lowest BCUT2D eigenvalue weighted by atomic mass is 9.95. The molecule has 0 unspecified atom stereocenters. The number of H-pyrrole nitrogens is 1. The lowest BCUT2D eigenvalue weighted by Gasteiger charge is -2.21. The predicted molar refractivity (Wildman–Crippen MR) is 120 cm³/mol. The number of ether oxygens (including phenoxy) is 1. The van der Waals surface area contributed by atoms with E-state index in [9.17, 15) is 5.11 Å². The Bertz CT molecular complexity index is 1080. The van der Waals surface area contributed by atoms with E-state index in [1.165, 1.54) is 5.56 Å². The standard InChI is InChI=1S/C22H28N4O2S/c1-7-25(5)18-11-15(8-9-20(18)28-6)26-21(23-24-22(26)29)17-12-16(13(2)3)14(4)10-19(17)27/h8-13,27H,7H2,1-6H3,(H,24,29). The van der Waals surface area contributed by atoms with Crippen molar-refractivity contribution in [3.8, 4) is 28.6 Å². The van der Waals surface area contributed by atoms with E-state index in [4.69, 9.17) is 17.0 Å². The van der Waals surface area contributed by atoms with Crippen molar-refractivity contribution >= 4 is 17.9 Å². The summed E-state index contributed by atoms with van der Waals surface area (Å²) in [5.74, 6) is 1.87. The minimum absolute atomic E-state index is 0.182. The van der Waals surface area contributed by atoms with Gasteiger partial charge in [-0.3, -0.25) is 9.67 Å². The van der Waals surface area contributed by atoms with Crippen molar-refractivity contribution in [3.05, 3.63) is 46.2 Å². The third-order valence-corrected chi connectivity index (χ3v) is 5.50. The van der Waals surface area contributed by atoms with Crippen molar-refractivity contribution < 1.29 is 9.84 Å². The average Bonchev–Trinajstić information content (AvgIpc) is 3.07. The minimum Gasteiger partial charge on any atom is -0.507 e. The van der Waals surface area contributed by atoms with Crippen LogP contribution in [-0.2, 0) is 0 Å². The Morgan fingerprint density at radius 2 is 2.00 bits per heavy atom. The van der Waals surface area contributed by atoms with Gasteiger partial charge in [0.15, 0.2) is 10.6 Å². The first kappa shape index (κ1) is 20.9. The molecule has 0 saturated heterocycles. The lowest BCUT2D eigenvalue weighted by molar-refractivity contribution is 0.415. The van der Waals surface area contributed by atoms with Crippen LogP contribution in [0.15, 0.2) is 30.3 Å². The van der Waals surface area contributed by atoms with Crippen LogP contribution in [0.2, 0.25) is 0 Å². The van der Waals surface area contributed by atoms with E-state index in [1.54, 1.807) is 13.2 Å². The molecule has 7 heteroatoms. The van der Waals surface area contributed by atoms with Crippen LogP contribution >= 0.6 is 12.2 Å². The maximum atomic E-state index is 10.7. The third kappa shape index (κ3) is 3.87. The van der Waals surface area contributed by atoms with E-state index in [1.807, 2.05) is 42.8 Å². The van der Waals surface area contributed by atoms with Gasteiger partial charge in [0.05, 0.1) is 24.0 Å². The minimum atomic E-state index is 0.182. The second kappa shape index (κ2) is 8.29. The molecule has 1 aromatic heterocycles. The zero-order chi connectivity index (χ0) is 21.3. The van der Waals surface area contributed by atoms with Crippen LogP contribution in [0.4, 0.5) is 5.69 Å². The number of benzene rings is 2. The molecule has 3 rings (SSSR count). The fraction of sp³-hybridized carbons (Fsp3) is 0.364. The van der Waals surface area contributed by atoms with Gasteiger partial charge in [0.25, 0.3) is 0 Å². The van der Waals surface area contributed by atoms with E-state index in [2.05, 4.69) is 35.9 Å². The summed E-state index contributed by atoms with van der Waals surface area (Å²) < 4.78 is 7.82. The van der Waals surface area contributed by atoms with Crippen molar-refractivity contribution in [1.29, 1.82) is 0 Å². The number of aromatic hydroxyl groups is 1. The third-order valence-electron chi connectivity index (χ3n) is 5.23. The fourth-order valence-electron chi connectivity index (χ4n) is 3.51.